The van der Waals surface area contributed by atoms with Gasteiger partial charge in [0.15, 0.2) is 0 Å². The molecule has 0 aliphatic heterocycles. The lowest BCUT2D eigenvalue weighted by atomic mass is 10.1. The van der Waals surface area contributed by atoms with Crippen LogP contribution in [0.1, 0.15) is 18.9 Å². The predicted octanol–water partition coefficient (Wildman–Crippen LogP) is 2.14. The van der Waals surface area contributed by atoms with Crippen molar-refractivity contribution in [2.45, 2.75) is 19.8 Å². The Labute approximate surface area is 110 Å². The lowest BCUT2D eigenvalue weighted by Crippen LogP contribution is -2.21. The minimum absolute atomic E-state index is 0.0467. The fourth-order valence-corrected chi connectivity index (χ4v) is 2.03. The van der Waals surface area contributed by atoms with Gasteiger partial charge in [-0.1, -0.05) is 0 Å². The molecule has 2 N–H and O–H groups in total. The Balaban J connectivity index is 2.12. The highest BCUT2D eigenvalue weighted by atomic mass is 16.6. The number of benzene rings is 1. The molecule has 0 unspecified atom stereocenters. The molecule has 6 heteroatoms. The topological polar surface area (TPSA) is 88.0 Å². The largest absolute Gasteiger partial charge is 0.361 e. The van der Waals surface area contributed by atoms with E-state index in [0.717, 1.165) is 29.3 Å². The molecular formula is C13H15N3O3. The number of amides is 1. The molecule has 0 radical (unpaired) electrons. The van der Waals surface area contributed by atoms with Crippen molar-refractivity contribution in [3.63, 3.8) is 0 Å². The first-order valence-corrected chi connectivity index (χ1v) is 6.07. The van der Waals surface area contributed by atoms with Crippen molar-refractivity contribution in [3.8, 4) is 0 Å². The zero-order valence-electron chi connectivity index (χ0n) is 10.6. The van der Waals surface area contributed by atoms with Crippen molar-refractivity contribution in [3.05, 3.63) is 40.1 Å². The molecule has 0 aliphatic rings. The molecule has 0 aliphatic carbocycles. The summed E-state index contributed by atoms with van der Waals surface area (Å²) in [5, 5.41) is 14.4. The number of aromatic amines is 1. The highest BCUT2D eigenvalue weighted by molar-refractivity contribution is 5.85. The van der Waals surface area contributed by atoms with E-state index < -0.39 is 4.92 Å². The number of non-ortho nitro benzene ring substituents is 1. The van der Waals surface area contributed by atoms with Gasteiger partial charge in [0, 0.05) is 42.7 Å². The highest BCUT2D eigenvalue weighted by Crippen LogP contribution is 2.24. The SMILES string of the molecule is CC(=O)NCCCc1c[nH]c2ccc([N+](=O)[O-])cc12. The average Bonchev–Trinajstić information content (AvgIpc) is 2.76. The summed E-state index contributed by atoms with van der Waals surface area (Å²) in [4.78, 5) is 24.2. The summed E-state index contributed by atoms with van der Waals surface area (Å²) in [5.41, 5.74) is 2.01. The first kappa shape index (κ1) is 13.1. The van der Waals surface area contributed by atoms with Crippen molar-refractivity contribution in [2.75, 3.05) is 6.54 Å². The number of nitrogens with one attached hydrogen (secondary N) is 2. The van der Waals surface area contributed by atoms with Crippen LogP contribution >= 0.6 is 0 Å². The second kappa shape index (κ2) is 5.51. The molecule has 1 aromatic heterocycles. The standard InChI is InChI=1S/C13H15N3O3/c1-9(17)14-6-2-3-10-8-15-13-5-4-11(16(18)19)7-12(10)13/h4-5,7-8,15H,2-3,6H2,1H3,(H,14,17). The van der Waals surface area contributed by atoms with E-state index in [1.807, 2.05) is 6.20 Å². The van der Waals surface area contributed by atoms with Crippen LogP contribution in [0.25, 0.3) is 10.9 Å². The first-order valence-electron chi connectivity index (χ1n) is 6.07. The van der Waals surface area contributed by atoms with E-state index in [-0.39, 0.29) is 11.6 Å². The molecule has 100 valence electrons. The van der Waals surface area contributed by atoms with Crippen LogP contribution in [0.4, 0.5) is 5.69 Å². The van der Waals surface area contributed by atoms with Crippen molar-refractivity contribution in [2.24, 2.45) is 0 Å². The van der Waals surface area contributed by atoms with Crippen molar-refractivity contribution in [1.29, 1.82) is 0 Å². The highest BCUT2D eigenvalue weighted by Gasteiger charge is 2.10. The number of nitro benzene ring substituents is 1. The van der Waals surface area contributed by atoms with Gasteiger partial charge < -0.3 is 10.3 Å². The van der Waals surface area contributed by atoms with Gasteiger partial charge in [0.25, 0.3) is 5.69 Å². The maximum Gasteiger partial charge on any atom is 0.270 e. The quantitative estimate of drug-likeness (QED) is 0.491. The molecule has 2 aromatic rings. The van der Waals surface area contributed by atoms with Crippen molar-refractivity contribution in [1.82, 2.24) is 10.3 Å². The second-order valence-corrected chi connectivity index (χ2v) is 4.39. The van der Waals surface area contributed by atoms with Gasteiger partial charge in [-0.2, -0.15) is 0 Å². The summed E-state index contributed by atoms with van der Waals surface area (Å²) < 4.78 is 0. The Morgan fingerprint density at radius 3 is 2.95 bits per heavy atom. The molecule has 0 spiro atoms. The van der Waals surface area contributed by atoms with Crippen LogP contribution in [0, 0.1) is 10.1 Å². The lowest BCUT2D eigenvalue weighted by molar-refractivity contribution is -0.384. The van der Waals surface area contributed by atoms with E-state index in [9.17, 15) is 14.9 Å². The molecule has 1 amide bonds. The third-order valence-electron chi connectivity index (χ3n) is 2.96. The molecule has 1 heterocycles. The van der Waals surface area contributed by atoms with Crippen LogP contribution in [0.5, 0.6) is 0 Å². The van der Waals surface area contributed by atoms with Gasteiger partial charge in [-0.05, 0) is 24.5 Å². The van der Waals surface area contributed by atoms with Crippen LogP contribution in [0.15, 0.2) is 24.4 Å². The van der Waals surface area contributed by atoms with Crippen LogP contribution in [-0.2, 0) is 11.2 Å². The Bertz CT molecular complexity index is 619. The number of nitro groups is 1. The summed E-state index contributed by atoms with van der Waals surface area (Å²) in [7, 11) is 0. The Hall–Kier alpha value is -2.37. The van der Waals surface area contributed by atoms with E-state index in [1.54, 1.807) is 12.1 Å². The maximum atomic E-state index is 10.8. The van der Waals surface area contributed by atoms with E-state index in [0.29, 0.717) is 6.54 Å². The van der Waals surface area contributed by atoms with Gasteiger partial charge in [-0.25, -0.2) is 0 Å². The van der Waals surface area contributed by atoms with E-state index >= 15 is 0 Å². The third-order valence-corrected chi connectivity index (χ3v) is 2.96. The smallest absolute Gasteiger partial charge is 0.270 e. The Morgan fingerprint density at radius 1 is 1.47 bits per heavy atom. The molecule has 0 saturated carbocycles. The first-order chi connectivity index (χ1) is 9.08. The number of nitrogens with zero attached hydrogens (tertiary/aromatic N) is 1. The van der Waals surface area contributed by atoms with Crippen LogP contribution < -0.4 is 5.32 Å². The maximum absolute atomic E-state index is 10.8. The number of aryl methyl sites for hydroxylation is 1. The minimum Gasteiger partial charge on any atom is -0.361 e. The second-order valence-electron chi connectivity index (χ2n) is 4.39. The number of fused-ring (bicyclic) bond motifs is 1. The molecule has 6 nitrogen and oxygen atoms in total. The molecule has 0 atom stereocenters. The number of H-pyrrole nitrogens is 1. The van der Waals surface area contributed by atoms with Gasteiger partial charge in [0.2, 0.25) is 5.91 Å². The number of carbonyl (C=O) groups is 1. The summed E-state index contributed by atoms with van der Waals surface area (Å²) in [5.74, 6) is -0.0467. The molecule has 19 heavy (non-hydrogen) atoms. The Kier molecular flexibility index (Phi) is 3.79. The summed E-state index contributed by atoms with van der Waals surface area (Å²) in [6.07, 6.45) is 3.43. The lowest BCUT2D eigenvalue weighted by Gasteiger charge is -2.01. The predicted molar refractivity (Wildman–Crippen MR) is 72.0 cm³/mol. The zero-order valence-corrected chi connectivity index (χ0v) is 10.6. The van der Waals surface area contributed by atoms with Crippen molar-refractivity contribution >= 4 is 22.5 Å². The third kappa shape index (κ3) is 3.09. The number of carbonyl (C=O) groups excluding carboxylic acids is 1. The summed E-state index contributed by atoms with van der Waals surface area (Å²) in [6.45, 7) is 2.09. The normalized spacial score (nSPS) is 10.6. The summed E-state index contributed by atoms with van der Waals surface area (Å²) in [6, 6.07) is 4.78. The number of rotatable bonds is 5. The number of aromatic nitrogens is 1. The molecule has 0 bridgehead atoms. The summed E-state index contributed by atoms with van der Waals surface area (Å²) >= 11 is 0. The van der Waals surface area contributed by atoms with E-state index in [2.05, 4.69) is 10.3 Å². The zero-order chi connectivity index (χ0) is 13.8. The van der Waals surface area contributed by atoms with Gasteiger partial charge in [0.1, 0.15) is 0 Å². The fourth-order valence-electron chi connectivity index (χ4n) is 2.03. The van der Waals surface area contributed by atoms with Gasteiger partial charge in [0.05, 0.1) is 4.92 Å². The van der Waals surface area contributed by atoms with Crippen LogP contribution in [-0.4, -0.2) is 22.4 Å². The molecule has 0 fully saturated rings. The van der Waals surface area contributed by atoms with Crippen LogP contribution in [0.3, 0.4) is 0 Å². The van der Waals surface area contributed by atoms with Crippen LogP contribution in [0.2, 0.25) is 0 Å². The molecule has 1 aromatic carbocycles. The van der Waals surface area contributed by atoms with E-state index in [1.165, 1.54) is 13.0 Å². The molecular weight excluding hydrogens is 246 g/mol. The van der Waals surface area contributed by atoms with Gasteiger partial charge in [-0.15, -0.1) is 0 Å². The molecule has 2 rings (SSSR count). The number of hydrogen-bond donors (Lipinski definition) is 2. The Morgan fingerprint density at radius 2 is 2.26 bits per heavy atom. The number of hydrogen-bond acceptors (Lipinski definition) is 3. The van der Waals surface area contributed by atoms with Crippen molar-refractivity contribution < 1.29 is 9.72 Å². The van der Waals surface area contributed by atoms with E-state index in [4.69, 9.17) is 0 Å². The van der Waals surface area contributed by atoms with Gasteiger partial charge >= 0.3 is 0 Å². The van der Waals surface area contributed by atoms with Gasteiger partial charge in [-0.3, -0.25) is 14.9 Å². The monoisotopic (exact) mass is 261 g/mol. The molecule has 0 saturated heterocycles. The average molecular weight is 261 g/mol. The minimum atomic E-state index is -0.395. The fraction of sp³-hybridized carbons (Fsp3) is 0.308.